The summed E-state index contributed by atoms with van der Waals surface area (Å²) in [5.41, 5.74) is 2.42. The van der Waals surface area contributed by atoms with Crippen LogP contribution in [0.2, 0.25) is 0 Å². The lowest BCUT2D eigenvalue weighted by Crippen LogP contribution is -1.97. The summed E-state index contributed by atoms with van der Waals surface area (Å²) in [5.74, 6) is 0. The fraction of sp³-hybridized carbons (Fsp3) is 0.0769. The lowest BCUT2D eigenvalue weighted by molar-refractivity contribution is 0.602. The van der Waals surface area contributed by atoms with E-state index in [2.05, 4.69) is 32.6 Å². The van der Waals surface area contributed by atoms with Crippen LogP contribution in [-0.2, 0) is 9.84 Å². The van der Waals surface area contributed by atoms with Crippen molar-refractivity contribution in [1.29, 1.82) is 0 Å². The third kappa shape index (κ3) is 2.42. The fourth-order valence-corrected chi connectivity index (χ4v) is 3.04. The molecule has 2 aromatic heterocycles. The molecule has 0 amide bonds. The van der Waals surface area contributed by atoms with Crippen molar-refractivity contribution in [2.45, 2.75) is 4.90 Å². The van der Waals surface area contributed by atoms with Gasteiger partial charge in [0, 0.05) is 18.0 Å². The van der Waals surface area contributed by atoms with Gasteiger partial charge in [0.15, 0.2) is 15.5 Å². The Morgan fingerprint density at radius 2 is 1.80 bits per heavy atom. The number of nitrogens with zero attached hydrogens (tertiary/aromatic N) is 3. The summed E-state index contributed by atoms with van der Waals surface area (Å²) in [6.45, 7) is 0. The van der Waals surface area contributed by atoms with Crippen LogP contribution in [0.4, 0.5) is 0 Å². The Kier molecular flexibility index (Phi) is 3.25. The van der Waals surface area contributed by atoms with E-state index in [1.54, 1.807) is 36.7 Å². The van der Waals surface area contributed by atoms with Gasteiger partial charge in [-0.05, 0) is 34.7 Å². The molecule has 7 heteroatoms. The van der Waals surface area contributed by atoms with Crippen molar-refractivity contribution < 1.29 is 8.42 Å². The van der Waals surface area contributed by atoms with E-state index in [4.69, 9.17) is 0 Å². The maximum absolute atomic E-state index is 11.4. The van der Waals surface area contributed by atoms with Gasteiger partial charge in [-0.3, -0.25) is 9.38 Å². The molecule has 1 aromatic carbocycles. The van der Waals surface area contributed by atoms with Gasteiger partial charge in [0.25, 0.3) is 0 Å². The lowest BCUT2D eigenvalue weighted by Gasteiger charge is -2.04. The van der Waals surface area contributed by atoms with Crippen molar-refractivity contribution >= 4 is 38.1 Å². The minimum Gasteiger partial charge on any atom is -0.291 e. The molecule has 0 aliphatic heterocycles. The lowest BCUT2D eigenvalue weighted by atomic mass is 10.2. The van der Waals surface area contributed by atoms with Gasteiger partial charge >= 0.3 is 0 Å². The predicted molar refractivity (Wildman–Crippen MR) is 84.2 cm³/mol. The molecule has 0 aliphatic carbocycles. The van der Waals surface area contributed by atoms with Gasteiger partial charge in [0.2, 0.25) is 0 Å². The first kappa shape index (κ1) is 13.5. The molecule has 3 aromatic rings. The summed E-state index contributed by atoms with van der Waals surface area (Å²) in [5, 5.41) is 0. The summed E-state index contributed by atoms with van der Waals surface area (Å²) in [6, 6.07) is 6.70. The van der Waals surface area contributed by atoms with Crippen molar-refractivity contribution in [3.63, 3.8) is 0 Å². The topological polar surface area (TPSA) is 64.3 Å². The molecular formula is C13H10IN3O2S. The number of hydrogen-bond acceptors (Lipinski definition) is 4. The van der Waals surface area contributed by atoms with E-state index in [0.717, 1.165) is 20.6 Å². The number of sulfone groups is 1. The second-order valence-corrected chi connectivity index (χ2v) is 7.50. The molecule has 0 radical (unpaired) electrons. The van der Waals surface area contributed by atoms with E-state index < -0.39 is 9.84 Å². The van der Waals surface area contributed by atoms with Crippen molar-refractivity contribution in [2.24, 2.45) is 0 Å². The van der Waals surface area contributed by atoms with Crippen LogP contribution in [0.5, 0.6) is 0 Å². The zero-order chi connectivity index (χ0) is 14.3. The Bertz CT molecular complexity index is 886. The van der Waals surface area contributed by atoms with Crippen molar-refractivity contribution in [3.05, 3.63) is 46.6 Å². The summed E-state index contributed by atoms with van der Waals surface area (Å²) in [6.07, 6.45) is 6.55. The van der Waals surface area contributed by atoms with Crippen LogP contribution >= 0.6 is 22.6 Å². The van der Waals surface area contributed by atoms with Gasteiger partial charge in [-0.15, -0.1) is 0 Å². The summed E-state index contributed by atoms with van der Waals surface area (Å²) < 4.78 is 25.8. The van der Waals surface area contributed by atoms with E-state index in [-0.39, 0.29) is 0 Å². The molecule has 0 atom stereocenters. The van der Waals surface area contributed by atoms with Crippen LogP contribution < -0.4 is 0 Å². The highest BCUT2D eigenvalue weighted by Crippen LogP contribution is 2.20. The maximum atomic E-state index is 11.4. The third-order valence-electron chi connectivity index (χ3n) is 2.93. The summed E-state index contributed by atoms with van der Waals surface area (Å²) in [4.78, 5) is 8.86. The van der Waals surface area contributed by atoms with Crippen LogP contribution in [0.3, 0.4) is 0 Å². The molecule has 0 aliphatic rings. The first-order chi connectivity index (χ1) is 9.45. The Labute approximate surface area is 129 Å². The summed E-state index contributed by atoms with van der Waals surface area (Å²) in [7, 11) is -3.17. The monoisotopic (exact) mass is 399 g/mol. The van der Waals surface area contributed by atoms with E-state index in [0.29, 0.717) is 4.90 Å². The van der Waals surface area contributed by atoms with Crippen molar-refractivity contribution in [3.8, 4) is 11.3 Å². The number of halogens is 1. The molecule has 0 bridgehead atoms. The number of rotatable bonds is 2. The van der Waals surface area contributed by atoms with Crippen LogP contribution in [0, 0.1) is 3.70 Å². The molecule has 0 spiro atoms. The van der Waals surface area contributed by atoms with Crippen molar-refractivity contribution in [2.75, 3.05) is 6.26 Å². The van der Waals surface area contributed by atoms with E-state index in [1.807, 2.05) is 10.6 Å². The van der Waals surface area contributed by atoms with Crippen LogP contribution in [0.15, 0.2) is 47.8 Å². The van der Waals surface area contributed by atoms with E-state index >= 15 is 0 Å². The number of aromatic nitrogens is 3. The minimum atomic E-state index is -3.17. The molecule has 0 fully saturated rings. The number of fused-ring (bicyclic) bond motifs is 1. The SMILES string of the molecule is CS(=O)(=O)c1ccc(-c2cn3c(I)cnc3cn2)cc1. The van der Waals surface area contributed by atoms with Gasteiger partial charge in [0.05, 0.1) is 23.0 Å². The summed E-state index contributed by atoms with van der Waals surface area (Å²) >= 11 is 2.20. The first-order valence-electron chi connectivity index (χ1n) is 5.74. The largest absolute Gasteiger partial charge is 0.291 e. The molecule has 20 heavy (non-hydrogen) atoms. The predicted octanol–water partition coefficient (Wildman–Crippen LogP) is 2.40. The Morgan fingerprint density at radius 3 is 2.45 bits per heavy atom. The fourth-order valence-electron chi connectivity index (χ4n) is 1.88. The molecule has 0 N–H and O–H groups in total. The highest BCUT2D eigenvalue weighted by molar-refractivity contribution is 14.1. The highest BCUT2D eigenvalue weighted by atomic mass is 127. The van der Waals surface area contributed by atoms with Crippen LogP contribution in [0.25, 0.3) is 16.9 Å². The first-order valence-corrected chi connectivity index (χ1v) is 8.71. The Balaban J connectivity index is 2.08. The van der Waals surface area contributed by atoms with Gasteiger partial charge in [-0.2, -0.15) is 0 Å². The smallest absolute Gasteiger partial charge is 0.175 e. The molecule has 0 unspecified atom stereocenters. The van der Waals surface area contributed by atoms with Crippen LogP contribution in [0.1, 0.15) is 0 Å². The number of imidazole rings is 1. The normalized spacial score (nSPS) is 11.9. The molecule has 0 saturated carbocycles. The average Bonchev–Trinajstić information content (AvgIpc) is 2.79. The minimum absolute atomic E-state index is 0.305. The zero-order valence-corrected chi connectivity index (χ0v) is 13.5. The second-order valence-electron chi connectivity index (χ2n) is 4.38. The Hall–Kier alpha value is -1.48. The molecule has 0 saturated heterocycles. The van der Waals surface area contributed by atoms with Crippen LogP contribution in [-0.4, -0.2) is 29.0 Å². The third-order valence-corrected chi connectivity index (χ3v) is 4.86. The van der Waals surface area contributed by atoms with E-state index in [9.17, 15) is 8.42 Å². The number of hydrogen-bond donors (Lipinski definition) is 0. The van der Waals surface area contributed by atoms with Gasteiger partial charge in [-0.1, -0.05) is 12.1 Å². The molecule has 102 valence electrons. The molecule has 3 rings (SSSR count). The highest BCUT2D eigenvalue weighted by Gasteiger charge is 2.08. The average molecular weight is 399 g/mol. The van der Waals surface area contributed by atoms with Gasteiger partial charge in [0.1, 0.15) is 3.70 Å². The zero-order valence-electron chi connectivity index (χ0n) is 10.5. The molecular weight excluding hydrogens is 389 g/mol. The number of benzene rings is 1. The molecule has 2 heterocycles. The maximum Gasteiger partial charge on any atom is 0.175 e. The molecule has 5 nitrogen and oxygen atoms in total. The quantitative estimate of drug-likeness (QED) is 0.621. The van der Waals surface area contributed by atoms with Gasteiger partial charge in [-0.25, -0.2) is 13.4 Å². The second kappa shape index (κ2) is 4.81. The van der Waals surface area contributed by atoms with E-state index in [1.165, 1.54) is 6.26 Å². The van der Waals surface area contributed by atoms with Gasteiger partial charge < -0.3 is 0 Å². The van der Waals surface area contributed by atoms with Crippen molar-refractivity contribution in [1.82, 2.24) is 14.4 Å². The standard InChI is InChI=1S/C13H10IN3O2S/c1-20(18,19)10-4-2-9(3-5-10)11-8-17-12(14)6-16-13(17)7-15-11/h2-8H,1H3. The Morgan fingerprint density at radius 1 is 1.10 bits per heavy atom.